The molecule has 0 saturated carbocycles. The number of imidazole rings is 1. The molecule has 3 rings (SSSR count). The standard InChI is InChI=1S/C15H18N4S/c1-4-14-18-12-7-11(16)5-6-13(12)19(14)10(3)15-17-9(2)8-20-15/h5-8,10H,4,16H2,1-3H3. The highest BCUT2D eigenvalue weighted by Crippen LogP contribution is 2.29. The first-order valence-corrected chi connectivity index (χ1v) is 7.66. The van der Waals surface area contributed by atoms with Gasteiger partial charge in [0.05, 0.1) is 17.1 Å². The Hall–Kier alpha value is -1.88. The summed E-state index contributed by atoms with van der Waals surface area (Å²) in [6.07, 6.45) is 0.892. The molecule has 104 valence electrons. The Labute approximate surface area is 122 Å². The fourth-order valence-corrected chi connectivity index (χ4v) is 3.36. The number of anilines is 1. The summed E-state index contributed by atoms with van der Waals surface area (Å²) in [5, 5.41) is 3.21. The summed E-state index contributed by atoms with van der Waals surface area (Å²) in [6.45, 7) is 6.33. The molecule has 2 aromatic heterocycles. The van der Waals surface area contributed by atoms with Crippen LogP contribution in [0.5, 0.6) is 0 Å². The Morgan fingerprint density at radius 2 is 2.15 bits per heavy atom. The summed E-state index contributed by atoms with van der Waals surface area (Å²) in [6, 6.07) is 6.11. The van der Waals surface area contributed by atoms with Crippen molar-refractivity contribution in [2.24, 2.45) is 0 Å². The maximum atomic E-state index is 5.86. The highest BCUT2D eigenvalue weighted by molar-refractivity contribution is 7.09. The van der Waals surface area contributed by atoms with Crippen LogP contribution in [0.2, 0.25) is 0 Å². The van der Waals surface area contributed by atoms with Crippen molar-refractivity contribution < 1.29 is 0 Å². The zero-order valence-corrected chi connectivity index (χ0v) is 12.7. The second kappa shape index (κ2) is 4.90. The van der Waals surface area contributed by atoms with Crippen molar-refractivity contribution in [2.45, 2.75) is 33.2 Å². The van der Waals surface area contributed by atoms with Crippen LogP contribution in [0.4, 0.5) is 5.69 Å². The third-order valence-corrected chi connectivity index (χ3v) is 4.62. The number of aryl methyl sites for hydroxylation is 2. The zero-order valence-electron chi connectivity index (χ0n) is 11.9. The Bertz CT molecular complexity index is 756. The van der Waals surface area contributed by atoms with E-state index in [-0.39, 0.29) is 6.04 Å². The van der Waals surface area contributed by atoms with E-state index >= 15 is 0 Å². The van der Waals surface area contributed by atoms with E-state index in [1.165, 1.54) is 0 Å². The molecular weight excluding hydrogens is 268 g/mol. The minimum Gasteiger partial charge on any atom is -0.399 e. The average Bonchev–Trinajstić information content (AvgIpc) is 3.00. The van der Waals surface area contributed by atoms with Gasteiger partial charge in [-0.1, -0.05) is 6.92 Å². The second-order valence-electron chi connectivity index (χ2n) is 5.00. The molecule has 4 nitrogen and oxygen atoms in total. The van der Waals surface area contributed by atoms with Crippen molar-refractivity contribution in [1.82, 2.24) is 14.5 Å². The first-order valence-electron chi connectivity index (χ1n) is 6.78. The molecular formula is C15H18N4S. The van der Waals surface area contributed by atoms with Crippen molar-refractivity contribution >= 4 is 28.1 Å². The minimum atomic E-state index is 0.192. The van der Waals surface area contributed by atoms with Gasteiger partial charge in [-0.3, -0.25) is 0 Å². The molecule has 0 aliphatic carbocycles. The Morgan fingerprint density at radius 3 is 2.80 bits per heavy atom. The first kappa shape index (κ1) is 13.1. The zero-order chi connectivity index (χ0) is 14.3. The molecule has 20 heavy (non-hydrogen) atoms. The van der Waals surface area contributed by atoms with Crippen LogP contribution in [0.1, 0.15) is 36.4 Å². The van der Waals surface area contributed by atoms with E-state index in [1.54, 1.807) is 11.3 Å². The quantitative estimate of drug-likeness (QED) is 0.749. The molecule has 5 heteroatoms. The van der Waals surface area contributed by atoms with Crippen LogP contribution >= 0.6 is 11.3 Å². The smallest absolute Gasteiger partial charge is 0.116 e. The fraction of sp³-hybridized carbons (Fsp3) is 0.333. The lowest BCUT2D eigenvalue weighted by Gasteiger charge is -2.15. The Balaban J connectivity index is 2.18. The molecule has 0 amide bonds. The van der Waals surface area contributed by atoms with Crippen molar-refractivity contribution in [1.29, 1.82) is 0 Å². The number of benzene rings is 1. The van der Waals surface area contributed by atoms with Gasteiger partial charge in [0.15, 0.2) is 0 Å². The van der Waals surface area contributed by atoms with Gasteiger partial charge in [0.25, 0.3) is 0 Å². The molecule has 1 unspecified atom stereocenters. The number of hydrogen-bond donors (Lipinski definition) is 1. The monoisotopic (exact) mass is 286 g/mol. The third-order valence-electron chi connectivity index (χ3n) is 3.48. The van der Waals surface area contributed by atoms with E-state index in [0.717, 1.165) is 39.7 Å². The highest BCUT2D eigenvalue weighted by atomic mass is 32.1. The number of thiazole rings is 1. The van der Waals surface area contributed by atoms with Crippen LogP contribution < -0.4 is 5.73 Å². The maximum absolute atomic E-state index is 5.86. The molecule has 0 aliphatic rings. The van der Waals surface area contributed by atoms with Crippen molar-refractivity contribution in [3.05, 3.63) is 40.1 Å². The SMILES string of the molecule is CCc1nc2cc(N)ccc2n1C(C)c1nc(C)cs1. The molecule has 0 radical (unpaired) electrons. The second-order valence-corrected chi connectivity index (χ2v) is 5.89. The van der Waals surface area contributed by atoms with Gasteiger partial charge in [0.1, 0.15) is 10.8 Å². The predicted octanol–water partition coefficient (Wildman–Crippen LogP) is 3.56. The first-order chi connectivity index (χ1) is 9.60. The highest BCUT2D eigenvalue weighted by Gasteiger charge is 2.18. The summed E-state index contributed by atoms with van der Waals surface area (Å²) in [5.41, 5.74) is 9.76. The molecule has 0 fully saturated rings. The number of fused-ring (bicyclic) bond motifs is 1. The number of nitrogen functional groups attached to an aromatic ring is 1. The van der Waals surface area contributed by atoms with E-state index in [0.29, 0.717) is 0 Å². The molecule has 1 atom stereocenters. The normalized spacial score (nSPS) is 12.9. The van der Waals surface area contributed by atoms with Crippen LogP contribution in [0.15, 0.2) is 23.6 Å². The van der Waals surface area contributed by atoms with Crippen molar-refractivity contribution in [3.8, 4) is 0 Å². The molecule has 1 aromatic carbocycles. The lowest BCUT2D eigenvalue weighted by molar-refractivity contribution is 0.618. The number of rotatable bonds is 3. The largest absolute Gasteiger partial charge is 0.399 e. The van der Waals surface area contributed by atoms with Crippen LogP contribution in [0.25, 0.3) is 11.0 Å². The van der Waals surface area contributed by atoms with Crippen LogP contribution in [0, 0.1) is 6.92 Å². The summed E-state index contributed by atoms with van der Waals surface area (Å²) in [4.78, 5) is 9.32. The fourth-order valence-electron chi connectivity index (χ4n) is 2.52. The minimum absolute atomic E-state index is 0.192. The number of nitrogens with zero attached hydrogens (tertiary/aromatic N) is 3. The Kier molecular flexibility index (Phi) is 3.22. The van der Waals surface area contributed by atoms with E-state index in [1.807, 2.05) is 25.1 Å². The molecule has 3 aromatic rings. The lowest BCUT2D eigenvalue weighted by Crippen LogP contribution is -2.10. The predicted molar refractivity (Wildman–Crippen MR) is 84.2 cm³/mol. The number of hydrogen-bond acceptors (Lipinski definition) is 4. The van der Waals surface area contributed by atoms with Crippen molar-refractivity contribution in [3.63, 3.8) is 0 Å². The van der Waals surface area contributed by atoms with Gasteiger partial charge < -0.3 is 10.3 Å². The van der Waals surface area contributed by atoms with Crippen LogP contribution in [-0.2, 0) is 6.42 Å². The van der Waals surface area contributed by atoms with Gasteiger partial charge in [-0.05, 0) is 32.0 Å². The lowest BCUT2D eigenvalue weighted by atomic mass is 10.2. The van der Waals surface area contributed by atoms with Crippen LogP contribution in [-0.4, -0.2) is 14.5 Å². The van der Waals surface area contributed by atoms with Crippen LogP contribution in [0.3, 0.4) is 0 Å². The maximum Gasteiger partial charge on any atom is 0.116 e. The molecule has 0 saturated heterocycles. The Morgan fingerprint density at radius 1 is 1.35 bits per heavy atom. The topological polar surface area (TPSA) is 56.7 Å². The van der Waals surface area contributed by atoms with E-state index in [4.69, 9.17) is 10.7 Å². The molecule has 0 aliphatic heterocycles. The van der Waals surface area contributed by atoms with Gasteiger partial charge in [-0.15, -0.1) is 11.3 Å². The van der Waals surface area contributed by atoms with Crippen molar-refractivity contribution in [2.75, 3.05) is 5.73 Å². The number of aromatic nitrogens is 3. The van der Waals surface area contributed by atoms with Gasteiger partial charge in [-0.25, -0.2) is 9.97 Å². The summed E-state index contributed by atoms with van der Waals surface area (Å²) < 4.78 is 2.27. The third kappa shape index (κ3) is 2.08. The average molecular weight is 286 g/mol. The van der Waals surface area contributed by atoms with Gasteiger partial charge in [0, 0.05) is 23.2 Å². The number of nitrogens with two attached hydrogens (primary N) is 1. The van der Waals surface area contributed by atoms with E-state index in [2.05, 4.69) is 28.8 Å². The van der Waals surface area contributed by atoms with Gasteiger partial charge >= 0.3 is 0 Å². The molecule has 0 bridgehead atoms. The van der Waals surface area contributed by atoms with E-state index in [9.17, 15) is 0 Å². The molecule has 0 spiro atoms. The summed E-state index contributed by atoms with van der Waals surface area (Å²) >= 11 is 1.70. The van der Waals surface area contributed by atoms with Gasteiger partial charge in [-0.2, -0.15) is 0 Å². The molecule has 2 N–H and O–H groups in total. The summed E-state index contributed by atoms with van der Waals surface area (Å²) in [7, 11) is 0. The molecule has 2 heterocycles. The van der Waals surface area contributed by atoms with E-state index < -0.39 is 0 Å². The van der Waals surface area contributed by atoms with Gasteiger partial charge in [0.2, 0.25) is 0 Å². The summed E-state index contributed by atoms with van der Waals surface area (Å²) in [5.74, 6) is 1.07.